The molecule has 0 nitrogen and oxygen atoms in total. The normalized spacial score (nSPS) is 12.7. The first kappa shape index (κ1) is 34.9. The topological polar surface area (TPSA) is 0 Å². The van der Waals surface area contributed by atoms with Gasteiger partial charge in [0.25, 0.3) is 0 Å². The Morgan fingerprint density at radius 2 is 0.559 bits per heavy atom. The summed E-state index contributed by atoms with van der Waals surface area (Å²) in [5.74, 6) is 0. The molecule has 0 radical (unpaired) electrons. The van der Waals surface area contributed by atoms with Crippen LogP contribution in [0.3, 0.4) is 0 Å². The van der Waals surface area contributed by atoms with Gasteiger partial charge in [-0.3, -0.25) is 0 Å². The van der Waals surface area contributed by atoms with Crippen LogP contribution >= 0.6 is 0 Å². The molecule has 0 fully saturated rings. The summed E-state index contributed by atoms with van der Waals surface area (Å²) in [6.07, 6.45) is 0. The second-order valence-corrected chi connectivity index (χ2v) is 16.4. The molecule has 0 heteroatoms. The molecule has 0 spiro atoms. The Balaban J connectivity index is 1.19. The quantitative estimate of drug-likeness (QED) is 0.159. The minimum Gasteiger partial charge on any atom is -0.0622 e. The van der Waals surface area contributed by atoms with E-state index in [1.165, 1.54) is 111 Å². The average molecular weight is 751 g/mol. The molecule has 278 valence electrons. The zero-order valence-corrected chi connectivity index (χ0v) is 33.3. The lowest BCUT2D eigenvalue weighted by molar-refractivity contribution is 0.661. The summed E-state index contributed by atoms with van der Waals surface area (Å²) < 4.78 is 0. The molecule has 0 unspecified atom stereocenters. The predicted molar refractivity (Wildman–Crippen MR) is 252 cm³/mol. The van der Waals surface area contributed by atoms with Crippen molar-refractivity contribution in [2.24, 2.45) is 0 Å². The summed E-state index contributed by atoms with van der Waals surface area (Å²) >= 11 is 0. The molecule has 0 atom stereocenters. The largest absolute Gasteiger partial charge is 0.0622 e. The Hall–Kier alpha value is -7.28. The van der Waals surface area contributed by atoms with Crippen molar-refractivity contribution in [3.63, 3.8) is 0 Å². The van der Waals surface area contributed by atoms with Crippen LogP contribution in [0.2, 0.25) is 0 Å². The van der Waals surface area contributed by atoms with Gasteiger partial charge in [-0.15, -0.1) is 0 Å². The van der Waals surface area contributed by atoms with Gasteiger partial charge in [0.15, 0.2) is 0 Å². The molecule has 0 saturated carbocycles. The standard InChI is InChI=1S/C59H42/c1-59(2)55-37-53(51-35-43(39-19-7-3-8-20-39)31-33-45(51)41-23-11-5-12-24-41)47-27-15-17-29-49(47)57(55)58-50-30-18-16-28-48(50)54(38-56(58)59)52-36-44(40-21-9-4-10-22-40)32-34-46(52)42-25-13-6-14-26-42/h3-38H,1-2H3. The van der Waals surface area contributed by atoms with Crippen molar-refractivity contribution >= 4 is 21.5 Å². The van der Waals surface area contributed by atoms with E-state index in [1.807, 2.05) is 0 Å². The molecule has 11 rings (SSSR count). The van der Waals surface area contributed by atoms with Crippen LogP contribution < -0.4 is 0 Å². The third-order valence-corrected chi connectivity index (χ3v) is 12.7. The van der Waals surface area contributed by atoms with Crippen molar-refractivity contribution in [3.05, 3.63) is 230 Å². The Morgan fingerprint density at radius 3 is 0.932 bits per heavy atom. The van der Waals surface area contributed by atoms with Gasteiger partial charge < -0.3 is 0 Å². The lowest BCUT2D eigenvalue weighted by atomic mass is 9.78. The first-order chi connectivity index (χ1) is 29.0. The highest BCUT2D eigenvalue weighted by molar-refractivity contribution is 6.18. The van der Waals surface area contributed by atoms with Crippen LogP contribution in [0.1, 0.15) is 25.0 Å². The van der Waals surface area contributed by atoms with Crippen molar-refractivity contribution in [2.75, 3.05) is 0 Å². The molecule has 0 amide bonds. The Kier molecular flexibility index (Phi) is 8.27. The summed E-state index contributed by atoms with van der Waals surface area (Å²) in [5, 5.41) is 5.13. The van der Waals surface area contributed by atoms with E-state index < -0.39 is 0 Å². The first-order valence-corrected chi connectivity index (χ1v) is 20.7. The van der Waals surface area contributed by atoms with Gasteiger partial charge in [-0.05, 0) is 135 Å². The van der Waals surface area contributed by atoms with Crippen LogP contribution in [0.5, 0.6) is 0 Å². The van der Waals surface area contributed by atoms with E-state index in [2.05, 4.69) is 232 Å². The zero-order chi connectivity index (χ0) is 39.5. The maximum absolute atomic E-state index is 2.54. The minimum atomic E-state index is -0.282. The van der Waals surface area contributed by atoms with Gasteiger partial charge in [0.05, 0.1) is 0 Å². The van der Waals surface area contributed by atoms with Crippen molar-refractivity contribution in [3.8, 4) is 77.9 Å². The molecule has 10 aromatic rings. The molecule has 0 bridgehead atoms. The summed E-state index contributed by atoms with van der Waals surface area (Å²) in [6.45, 7) is 4.87. The van der Waals surface area contributed by atoms with Gasteiger partial charge in [-0.1, -0.05) is 208 Å². The van der Waals surface area contributed by atoms with Gasteiger partial charge in [-0.2, -0.15) is 0 Å². The van der Waals surface area contributed by atoms with Crippen molar-refractivity contribution < 1.29 is 0 Å². The molecular weight excluding hydrogens is 709 g/mol. The van der Waals surface area contributed by atoms with E-state index in [4.69, 9.17) is 0 Å². The maximum Gasteiger partial charge on any atom is 0.0159 e. The fourth-order valence-corrected chi connectivity index (χ4v) is 9.76. The molecular formula is C59H42. The SMILES string of the molecule is CC1(C)c2cc(-c3cc(-c4ccccc4)ccc3-c3ccccc3)c3ccccc3c2-c2c1cc(-c1cc(-c3ccccc3)ccc1-c1ccccc1)c1ccccc21. The second kappa shape index (κ2) is 14.0. The monoisotopic (exact) mass is 750 g/mol. The van der Waals surface area contributed by atoms with Crippen molar-refractivity contribution in [2.45, 2.75) is 19.3 Å². The molecule has 1 aliphatic carbocycles. The summed E-state index contributed by atoms with van der Waals surface area (Å²) in [4.78, 5) is 0. The molecule has 0 saturated heterocycles. The highest BCUT2D eigenvalue weighted by atomic mass is 14.4. The van der Waals surface area contributed by atoms with Crippen LogP contribution in [0.15, 0.2) is 218 Å². The Labute approximate surface area is 346 Å². The smallest absolute Gasteiger partial charge is 0.0159 e. The summed E-state index contributed by atoms with van der Waals surface area (Å²) in [5.41, 5.74) is 20.0. The van der Waals surface area contributed by atoms with Crippen LogP contribution in [0.25, 0.3) is 99.4 Å². The number of benzene rings is 10. The zero-order valence-electron chi connectivity index (χ0n) is 33.3. The Morgan fingerprint density at radius 1 is 0.237 bits per heavy atom. The number of rotatable bonds is 6. The second-order valence-electron chi connectivity index (χ2n) is 16.4. The van der Waals surface area contributed by atoms with E-state index in [-0.39, 0.29) is 5.41 Å². The highest BCUT2D eigenvalue weighted by Crippen LogP contribution is 2.57. The maximum atomic E-state index is 2.54. The van der Waals surface area contributed by atoms with Crippen LogP contribution in [0.4, 0.5) is 0 Å². The molecule has 0 aliphatic heterocycles. The molecule has 0 aromatic heterocycles. The molecule has 10 aromatic carbocycles. The van der Waals surface area contributed by atoms with Gasteiger partial charge in [0.2, 0.25) is 0 Å². The van der Waals surface area contributed by atoms with E-state index in [0.717, 1.165) is 0 Å². The third-order valence-electron chi connectivity index (χ3n) is 12.7. The van der Waals surface area contributed by atoms with E-state index in [1.54, 1.807) is 0 Å². The fraction of sp³-hybridized carbons (Fsp3) is 0.0508. The van der Waals surface area contributed by atoms with Gasteiger partial charge in [0, 0.05) is 5.41 Å². The molecule has 59 heavy (non-hydrogen) atoms. The van der Waals surface area contributed by atoms with Gasteiger partial charge in [-0.25, -0.2) is 0 Å². The predicted octanol–water partition coefficient (Wildman–Crippen LogP) is 16.3. The summed E-state index contributed by atoms with van der Waals surface area (Å²) in [6, 6.07) is 80.6. The Bertz CT molecular complexity index is 2970. The first-order valence-electron chi connectivity index (χ1n) is 20.7. The van der Waals surface area contributed by atoms with E-state index in [9.17, 15) is 0 Å². The van der Waals surface area contributed by atoms with Crippen LogP contribution in [0, 0.1) is 0 Å². The molecule has 1 aliphatic rings. The third kappa shape index (κ3) is 5.75. The van der Waals surface area contributed by atoms with Gasteiger partial charge in [0.1, 0.15) is 0 Å². The number of fused-ring (bicyclic) bond motifs is 7. The minimum absolute atomic E-state index is 0.282. The fourth-order valence-electron chi connectivity index (χ4n) is 9.76. The lowest BCUT2D eigenvalue weighted by Crippen LogP contribution is -2.15. The summed E-state index contributed by atoms with van der Waals surface area (Å²) in [7, 11) is 0. The van der Waals surface area contributed by atoms with E-state index >= 15 is 0 Å². The van der Waals surface area contributed by atoms with Crippen molar-refractivity contribution in [1.82, 2.24) is 0 Å². The number of hydrogen-bond donors (Lipinski definition) is 0. The van der Waals surface area contributed by atoms with Crippen LogP contribution in [-0.4, -0.2) is 0 Å². The molecule has 0 N–H and O–H groups in total. The van der Waals surface area contributed by atoms with E-state index in [0.29, 0.717) is 0 Å². The van der Waals surface area contributed by atoms with Crippen LogP contribution in [-0.2, 0) is 5.41 Å². The van der Waals surface area contributed by atoms with Gasteiger partial charge >= 0.3 is 0 Å². The highest BCUT2D eigenvalue weighted by Gasteiger charge is 2.39. The number of hydrogen-bond acceptors (Lipinski definition) is 0. The lowest BCUT2D eigenvalue weighted by Gasteiger charge is -2.25. The average Bonchev–Trinajstić information content (AvgIpc) is 3.54. The van der Waals surface area contributed by atoms with Crippen molar-refractivity contribution in [1.29, 1.82) is 0 Å². The molecule has 0 heterocycles.